The summed E-state index contributed by atoms with van der Waals surface area (Å²) < 4.78 is 59.6. The van der Waals surface area contributed by atoms with Crippen molar-refractivity contribution in [2.24, 2.45) is 0 Å². The van der Waals surface area contributed by atoms with Crippen LogP contribution in [0.1, 0.15) is 0 Å². The van der Waals surface area contributed by atoms with E-state index in [0.29, 0.717) is 0 Å². The lowest BCUT2D eigenvalue weighted by atomic mass is 10.3. The first kappa shape index (κ1) is 12.7. The maximum absolute atomic E-state index is 10.8. The van der Waals surface area contributed by atoms with E-state index in [4.69, 9.17) is 9.11 Å². The van der Waals surface area contributed by atoms with Gasteiger partial charge in [-0.15, -0.1) is 3.71 Å². The van der Waals surface area contributed by atoms with E-state index in [1.807, 2.05) is 0 Å². The monoisotopic (exact) mass is 269 g/mol. The highest BCUT2D eigenvalue weighted by molar-refractivity contribution is 8.05. The Morgan fingerprint density at radius 3 is 1.75 bits per heavy atom. The van der Waals surface area contributed by atoms with Gasteiger partial charge in [0.15, 0.2) is 0 Å². The van der Waals surface area contributed by atoms with Crippen molar-refractivity contribution in [3.63, 3.8) is 0 Å². The number of hydrogen-bond acceptors (Lipinski definition) is 5. The van der Waals surface area contributed by atoms with E-state index in [9.17, 15) is 21.9 Å². The lowest BCUT2D eigenvalue weighted by Gasteiger charge is -2.17. The second kappa shape index (κ2) is 3.90. The molecule has 8 nitrogen and oxygen atoms in total. The Hall–Kier alpha value is -1.36. The summed E-state index contributed by atoms with van der Waals surface area (Å²) in [5, 5.41) is 9.21. The van der Waals surface area contributed by atoms with E-state index >= 15 is 0 Å². The normalized spacial score (nSPS) is 12.4. The van der Waals surface area contributed by atoms with Gasteiger partial charge < -0.3 is 5.11 Å². The molecule has 0 unspecified atom stereocenters. The number of aromatic hydroxyl groups is 1. The Morgan fingerprint density at radius 1 is 0.938 bits per heavy atom. The van der Waals surface area contributed by atoms with Crippen molar-refractivity contribution >= 4 is 26.3 Å². The zero-order valence-corrected chi connectivity index (χ0v) is 9.18. The molecule has 0 bridgehead atoms. The van der Waals surface area contributed by atoms with Gasteiger partial charge in [-0.05, 0) is 12.1 Å². The van der Waals surface area contributed by atoms with Crippen LogP contribution in [0, 0.1) is 0 Å². The standard InChI is InChI=1S/C6H7NO7S2/c8-6-4-2-1-3-5(6)7(15(9,10)11)16(12,13)14/h1-4,8H,(H,9,10,11)(H,12,13,14). The fourth-order valence-corrected chi connectivity index (χ4v) is 2.74. The number of nitrogens with zero attached hydrogens (tertiary/aromatic N) is 1. The Balaban J connectivity index is 3.54. The lowest BCUT2D eigenvalue weighted by Crippen LogP contribution is -2.35. The molecular formula is C6H7NO7S2. The fourth-order valence-electron chi connectivity index (χ4n) is 0.986. The van der Waals surface area contributed by atoms with Crippen molar-refractivity contribution in [3.8, 4) is 5.75 Å². The largest absolute Gasteiger partial charge is 0.506 e. The van der Waals surface area contributed by atoms with Crippen LogP contribution in [0.25, 0.3) is 0 Å². The predicted molar refractivity (Wildman–Crippen MR) is 53.7 cm³/mol. The van der Waals surface area contributed by atoms with Gasteiger partial charge in [0.25, 0.3) is 0 Å². The van der Waals surface area contributed by atoms with Crippen LogP contribution in [0.2, 0.25) is 0 Å². The maximum Gasteiger partial charge on any atom is 0.375 e. The summed E-state index contributed by atoms with van der Waals surface area (Å²) in [6, 6.07) is 4.37. The number of benzene rings is 1. The molecule has 3 N–H and O–H groups in total. The minimum absolute atomic E-state index is 0.699. The SMILES string of the molecule is O=S(=O)(O)N(c1ccccc1O)S(=O)(=O)O. The summed E-state index contributed by atoms with van der Waals surface area (Å²) in [6.45, 7) is 0. The minimum atomic E-state index is -5.26. The number of hydrogen-bond donors (Lipinski definition) is 3. The van der Waals surface area contributed by atoms with Crippen LogP contribution in [-0.4, -0.2) is 31.0 Å². The van der Waals surface area contributed by atoms with Gasteiger partial charge in [-0.1, -0.05) is 12.1 Å². The van der Waals surface area contributed by atoms with Gasteiger partial charge in [-0.2, -0.15) is 16.8 Å². The summed E-state index contributed by atoms with van der Waals surface area (Å²) in [4.78, 5) is 0. The molecule has 0 atom stereocenters. The first-order chi connectivity index (χ1) is 7.14. The third kappa shape index (κ3) is 2.61. The van der Waals surface area contributed by atoms with E-state index in [1.165, 1.54) is 12.1 Å². The van der Waals surface area contributed by atoms with Crippen LogP contribution >= 0.6 is 0 Å². The van der Waals surface area contributed by atoms with Crippen molar-refractivity contribution in [2.75, 3.05) is 3.71 Å². The summed E-state index contributed by atoms with van der Waals surface area (Å²) in [7, 11) is -10.5. The molecule has 0 fully saturated rings. The molecule has 0 saturated heterocycles. The van der Waals surface area contributed by atoms with E-state index in [1.54, 1.807) is 0 Å². The molecule has 1 rings (SSSR count). The molecule has 0 heterocycles. The number of phenols is 1. The molecule has 0 radical (unpaired) electrons. The van der Waals surface area contributed by atoms with Crippen molar-refractivity contribution in [1.82, 2.24) is 0 Å². The molecule has 10 heteroatoms. The summed E-state index contributed by atoms with van der Waals surface area (Å²) >= 11 is 0. The molecule has 0 aliphatic heterocycles. The predicted octanol–water partition coefficient (Wildman–Crippen LogP) is -0.196. The van der Waals surface area contributed by atoms with Crippen molar-refractivity contribution < 1.29 is 31.0 Å². The molecule has 1 aromatic carbocycles. The maximum atomic E-state index is 10.8. The molecule has 0 saturated carbocycles. The van der Waals surface area contributed by atoms with Gasteiger partial charge in [-0.25, -0.2) is 0 Å². The topological polar surface area (TPSA) is 132 Å². The molecule has 16 heavy (non-hydrogen) atoms. The second-order valence-electron chi connectivity index (χ2n) is 2.64. The van der Waals surface area contributed by atoms with Gasteiger partial charge in [0, 0.05) is 0 Å². The number of rotatable bonds is 3. The number of phenolic OH excluding ortho intramolecular Hbond substituents is 1. The number of anilines is 1. The third-order valence-electron chi connectivity index (χ3n) is 1.50. The molecule has 1 aromatic rings. The van der Waals surface area contributed by atoms with Crippen LogP contribution < -0.4 is 3.71 Å². The van der Waals surface area contributed by atoms with Crippen LogP contribution in [-0.2, 0) is 20.6 Å². The van der Waals surface area contributed by atoms with Crippen molar-refractivity contribution in [3.05, 3.63) is 24.3 Å². The average Bonchev–Trinajstić information content (AvgIpc) is 2.03. The van der Waals surface area contributed by atoms with Gasteiger partial charge in [0.1, 0.15) is 11.4 Å². The van der Waals surface area contributed by atoms with Crippen LogP contribution in [0.5, 0.6) is 5.75 Å². The van der Waals surface area contributed by atoms with Gasteiger partial charge in [0.2, 0.25) is 0 Å². The fraction of sp³-hybridized carbons (Fsp3) is 0. The second-order valence-corrected chi connectivity index (χ2v) is 5.39. The third-order valence-corrected chi connectivity index (χ3v) is 3.86. The van der Waals surface area contributed by atoms with E-state index in [2.05, 4.69) is 0 Å². The molecular weight excluding hydrogens is 262 g/mol. The van der Waals surface area contributed by atoms with E-state index in [-0.39, 0.29) is 0 Å². The number of para-hydroxylation sites is 2. The Labute approximate surface area is 91.5 Å². The Morgan fingerprint density at radius 2 is 1.38 bits per heavy atom. The molecule has 0 aliphatic carbocycles. The summed E-state index contributed by atoms with van der Waals surface area (Å²) in [6.07, 6.45) is 0. The van der Waals surface area contributed by atoms with Crippen LogP contribution in [0.3, 0.4) is 0 Å². The lowest BCUT2D eigenvalue weighted by molar-refractivity contribution is 0.457. The van der Waals surface area contributed by atoms with Crippen LogP contribution in [0.4, 0.5) is 5.69 Å². The van der Waals surface area contributed by atoms with Crippen LogP contribution in [0.15, 0.2) is 24.3 Å². The van der Waals surface area contributed by atoms with E-state index in [0.717, 1.165) is 12.1 Å². The zero-order chi connectivity index (χ0) is 12.6. The summed E-state index contributed by atoms with van der Waals surface area (Å²) in [5.74, 6) is -0.738. The Kier molecular flexibility index (Phi) is 3.10. The molecule has 0 spiro atoms. The van der Waals surface area contributed by atoms with Crippen molar-refractivity contribution in [1.29, 1.82) is 0 Å². The van der Waals surface area contributed by atoms with Gasteiger partial charge in [0.05, 0.1) is 0 Å². The molecule has 0 aromatic heterocycles. The molecule has 0 aliphatic rings. The highest BCUT2D eigenvalue weighted by Crippen LogP contribution is 2.29. The highest BCUT2D eigenvalue weighted by atomic mass is 32.3. The molecule has 90 valence electrons. The summed E-state index contributed by atoms with van der Waals surface area (Å²) in [5.41, 5.74) is -0.785. The van der Waals surface area contributed by atoms with Crippen molar-refractivity contribution in [2.45, 2.75) is 0 Å². The highest BCUT2D eigenvalue weighted by Gasteiger charge is 2.33. The van der Waals surface area contributed by atoms with Gasteiger partial charge >= 0.3 is 20.6 Å². The first-order valence-corrected chi connectivity index (χ1v) is 6.47. The van der Waals surface area contributed by atoms with E-state index < -0.39 is 35.8 Å². The quantitative estimate of drug-likeness (QED) is 0.647. The minimum Gasteiger partial charge on any atom is -0.506 e. The first-order valence-electron chi connectivity index (χ1n) is 3.67. The van der Waals surface area contributed by atoms with Gasteiger partial charge in [-0.3, -0.25) is 9.11 Å². The average molecular weight is 269 g/mol. The zero-order valence-electron chi connectivity index (χ0n) is 7.55. The molecule has 0 amide bonds. The smallest absolute Gasteiger partial charge is 0.375 e. The Bertz CT molecular complexity index is 559.